The summed E-state index contributed by atoms with van der Waals surface area (Å²) in [6, 6.07) is 16.2. The first-order valence-corrected chi connectivity index (χ1v) is 7.50. The standard InChI is InChI=1S/C18H23NO2/c1-3-12-21-17-10-8-16(9-11-17)19-14-15-6-5-7-18(13-15)20-4-2/h5-11,13,19H,3-4,12,14H2,1-2H3. The average molecular weight is 285 g/mol. The highest BCUT2D eigenvalue weighted by molar-refractivity contribution is 5.47. The van der Waals surface area contributed by atoms with Gasteiger partial charge in [-0.15, -0.1) is 0 Å². The summed E-state index contributed by atoms with van der Waals surface area (Å²) >= 11 is 0. The molecule has 0 bridgehead atoms. The molecule has 0 saturated carbocycles. The largest absolute Gasteiger partial charge is 0.494 e. The lowest BCUT2D eigenvalue weighted by molar-refractivity contribution is 0.317. The van der Waals surface area contributed by atoms with Crippen LogP contribution in [0.5, 0.6) is 11.5 Å². The minimum Gasteiger partial charge on any atom is -0.494 e. The van der Waals surface area contributed by atoms with Crippen LogP contribution in [0, 0.1) is 0 Å². The molecule has 0 aliphatic heterocycles. The molecule has 2 rings (SSSR count). The summed E-state index contributed by atoms with van der Waals surface area (Å²) in [5.41, 5.74) is 2.29. The lowest BCUT2D eigenvalue weighted by atomic mass is 10.2. The minimum atomic E-state index is 0.691. The Morgan fingerprint density at radius 3 is 2.43 bits per heavy atom. The lowest BCUT2D eigenvalue weighted by Crippen LogP contribution is -2.00. The molecule has 3 heteroatoms. The van der Waals surface area contributed by atoms with Crippen molar-refractivity contribution in [3.05, 3.63) is 54.1 Å². The van der Waals surface area contributed by atoms with E-state index >= 15 is 0 Å². The minimum absolute atomic E-state index is 0.691. The van der Waals surface area contributed by atoms with Crippen LogP contribution >= 0.6 is 0 Å². The molecule has 2 aromatic rings. The summed E-state index contributed by atoms with van der Waals surface area (Å²) in [4.78, 5) is 0. The summed E-state index contributed by atoms with van der Waals surface area (Å²) in [7, 11) is 0. The van der Waals surface area contributed by atoms with Crippen molar-refractivity contribution in [3.8, 4) is 11.5 Å². The molecule has 1 N–H and O–H groups in total. The maximum absolute atomic E-state index is 5.57. The molecule has 0 heterocycles. The van der Waals surface area contributed by atoms with E-state index in [0.717, 1.165) is 36.8 Å². The van der Waals surface area contributed by atoms with Gasteiger partial charge >= 0.3 is 0 Å². The maximum Gasteiger partial charge on any atom is 0.119 e. The molecule has 0 amide bonds. The van der Waals surface area contributed by atoms with E-state index in [-0.39, 0.29) is 0 Å². The molecule has 0 spiro atoms. The summed E-state index contributed by atoms with van der Waals surface area (Å²) in [5, 5.41) is 3.40. The van der Waals surface area contributed by atoms with Crippen molar-refractivity contribution in [3.63, 3.8) is 0 Å². The predicted molar refractivity (Wildman–Crippen MR) is 87.2 cm³/mol. The Bertz CT molecular complexity index is 537. The van der Waals surface area contributed by atoms with Gasteiger partial charge in [0, 0.05) is 12.2 Å². The van der Waals surface area contributed by atoms with Crippen LogP contribution in [0.15, 0.2) is 48.5 Å². The van der Waals surface area contributed by atoms with Crippen LogP contribution < -0.4 is 14.8 Å². The number of nitrogens with one attached hydrogen (secondary N) is 1. The van der Waals surface area contributed by atoms with Gasteiger partial charge in [0.2, 0.25) is 0 Å². The molecule has 0 saturated heterocycles. The molecule has 0 fully saturated rings. The first-order chi connectivity index (χ1) is 10.3. The summed E-state index contributed by atoms with van der Waals surface area (Å²) in [6.07, 6.45) is 1.02. The van der Waals surface area contributed by atoms with Crippen LogP contribution in [0.4, 0.5) is 5.69 Å². The van der Waals surface area contributed by atoms with Gasteiger partial charge in [-0.25, -0.2) is 0 Å². The van der Waals surface area contributed by atoms with Gasteiger partial charge < -0.3 is 14.8 Å². The van der Waals surface area contributed by atoms with Gasteiger partial charge in [-0.3, -0.25) is 0 Å². The zero-order valence-corrected chi connectivity index (χ0v) is 12.8. The maximum atomic E-state index is 5.57. The molecule has 0 aromatic heterocycles. The monoisotopic (exact) mass is 285 g/mol. The van der Waals surface area contributed by atoms with Gasteiger partial charge in [0.15, 0.2) is 0 Å². The predicted octanol–water partition coefficient (Wildman–Crippen LogP) is 4.49. The number of anilines is 1. The van der Waals surface area contributed by atoms with Crippen LogP contribution in [-0.2, 0) is 6.54 Å². The Labute approximate surface area is 126 Å². The Kier molecular flexibility index (Phi) is 5.95. The molecule has 2 aromatic carbocycles. The molecular weight excluding hydrogens is 262 g/mol. The number of benzene rings is 2. The summed E-state index contributed by atoms with van der Waals surface area (Å²) in [5.74, 6) is 1.83. The third-order valence-corrected chi connectivity index (χ3v) is 3.03. The summed E-state index contributed by atoms with van der Waals surface area (Å²) in [6.45, 7) is 6.32. The van der Waals surface area contributed by atoms with Crippen molar-refractivity contribution in [2.75, 3.05) is 18.5 Å². The zero-order chi connectivity index (χ0) is 14.9. The van der Waals surface area contributed by atoms with Crippen LogP contribution in [0.1, 0.15) is 25.8 Å². The fourth-order valence-electron chi connectivity index (χ4n) is 2.00. The van der Waals surface area contributed by atoms with E-state index in [0.29, 0.717) is 6.61 Å². The molecule has 0 aliphatic rings. The van der Waals surface area contributed by atoms with Gasteiger partial charge in [-0.2, -0.15) is 0 Å². The van der Waals surface area contributed by atoms with E-state index in [1.165, 1.54) is 5.56 Å². The quantitative estimate of drug-likeness (QED) is 0.775. The van der Waals surface area contributed by atoms with Crippen LogP contribution in [-0.4, -0.2) is 13.2 Å². The van der Waals surface area contributed by atoms with E-state index < -0.39 is 0 Å². The SMILES string of the molecule is CCCOc1ccc(NCc2cccc(OCC)c2)cc1. The number of rotatable bonds is 8. The third kappa shape index (κ3) is 5.03. The topological polar surface area (TPSA) is 30.5 Å². The van der Waals surface area contributed by atoms with E-state index in [4.69, 9.17) is 9.47 Å². The van der Waals surface area contributed by atoms with E-state index in [9.17, 15) is 0 Å². The highest BCUT2D eigenvalue weighted by atomic mass is 16.5. The first kappa shape index (κ1) is 15.2. The van der Waals surface area contributed by atoms with Crippen LogP contribution in [0.3, 0.4) is 0 Å². The van der Waals surface area contributed by atoms with Gasteiger partial charge in [0.25, 0.3) is 0 Å². The Morgan fingerprint density at radius 1 is 0.905 bits per heavy atom. The average Bonchev–Trinajstić information content (AvgIpc) is 2.53. The molecule has 21 heavy (non-hydrogen) atoms. The smallest absolute Gasteiger partial charge is 0.119 e. The highest BCUT2D eigenvalue weighted by Gasteiger charge is 1.98. The molecule has 3 nitrogen and oxygen atoms in total. The van der Waals surface area contributed by atoms with Crippen molar-refractivity contribution in [2.24, 2.45) is 0 Å². The van der Waals surface area contributed by atoms with Gasteiger partial charge in [-0.1, -0.05) is 19.1 Å². The number of ether oxygens (including phenoxy) is 2. The van der Waals surface area contributed by atoms with Gasteiger partial charge in [-0.05, 0) is 55.3 Å². The Morgan fingerprint density at radius 2 is 1.71 bits per heavy atom. The number of hydrogen-bond donors (Lipinski definition) is 1. The van der Waals surface area contributed by atoms with E-state index in [1.807, 2.05) is 43.3 Å². The molecular formula is C18H23NO2. The Hall–Kier alpha value is -2.16. The van der Waals surface area contributed by atoms with Gasteiger partial charge in [0.05, 0.1) is 13.2 Å². The second kappa shape index (κ2) is 8.20. The molecule has 0 radical (unpaired) electrons. The molecule has 0 unspecified atom stereocenters. The zero-order valence-electron chi connectivity index (χ0n) is 12.8. The lowest BCUT2D eigenvalue weighted by Gasteiger charge is -2.10. The fourth-order valence-corrected chi connectivity index (χ4v) is 2.00. The molecule has 0 atom stereocenters. The fraction of sp³-hybridized carbons (Fsp3) is 0.333. The van der Waals surface area contributed by atoms with Crippen molar-refractivity contribution in [2.45, 2.75) is 26.8 Å². The van der Waals surface area contributed by atoms with Crippen molar-refractivity contribution >= 4 is 5.69 Å². The van der Waals surface area contributed by atoms with Crippen molar-refractivity contribution in [1.82, 2.24) is 0 Å². The second-order valence-electron chi connectivity index (χ2n) is 4.81. The van der Waals surface area contributed by atoms with Crippen molar-refractivity contribution < 1.29 is 9.47 Å². The highest BCUT2D eigenvalue weighted by Crippen LogP contribution is 2.18. The first-order valence-electron chi connectivity index (χ1n) is 7.50. The third-order valence-electron chi connectivity index (χ3n) is 3.03. The Balaban J connectivity index is 1.88. The molecule has 112 valence electrons. The summed E-state index contributed by atoms with van der Waals surface area (Å²) < 4.78 is 11.1. The van der Waals surface area contributed by atoms with Crippen LogP contribution in [0.2, 0.25) is 0 Å². The number of hydrogen-bond acceptors (Lipinski definition) is 3. The molecule has 0 aliphatic carbocycles. The van der Waals surface area contributed by atoms with Gasteiger partial charge in [0.1, 0.15) is 11.5 Å². The normalized spacial score (nSPS) is 10.2. The van der Waals surface area contributed by atoms with Crippen molar-refractivity contribution in [1.29, 1.82) is 0 Å². The van der Waals surface area contributed by atoms with Crippen LogP contribution in [0.25, 0.3) is 0 Å². The second-order valence-corrected chi connectivity index (χ2v) is 4.81. The van der Waals surface area contributed by atoms with E-state index in [1.54, 1.807) is 0 Å². The van der Waals surface area contributed by atoms with E-state index in [2.05, 4.69) is 24.4 Å².